The van der Waals surface area contributed by atoms with Crippen LogP contribution in [0.5, 0.6) is 0 Å². The Morgan fingerprint density at radius 1 is 1.32 bits per heavy atom. The van der Waals surface area contributed by atoms with Crippen molar-refractivity contribution in [3.63, 3.8) is 0 Å². The summed E-state index contributed by atoms with van der Waals surface area (Å²) in [6, 6.07) is 3.51. The maximum absolute atomic E-state index is 9.36. The zero-order chi connectivity index (χ0) is 14.5. The molecule has 19 heavy (non-hydrogen) atoms. The average molecular weight is 265 g/mol. The van der Waals surface area contributed by atoms with Gasteiger partial charge in [0.2, 0.25) is 0 Å². The molecule has 1 unspecified atom stereocenters. The first kappa shape index (κ1) is 16.5. The van der Waals surface area contributed by atoms with Gasteiger partial charge in [-0.05, 0) is 65.8 Å². The second kappa shape index (κ2) is 7.26. The summed E-state index contributed by atoms with van der Waals surface area (Å²) in [6.07, 6.45) is 6.24. The van der Waals surface area contributed by atoms with Crippen molar-refractivity contribution in [3.8, 4) is 6.07 Å². The maximum atomic E-state index is 9.36. The monoisotopic (exact) mass is 265 g/mol. The van der Waals surface area contributed by atoms with E-state index in [0.29, 0.717) is 6.04 Å². The van der Waals surface area contributed by atoms with Crippen LogP contribution < -0.4 is 5.32 Å². The van der Waals surface area contributed by atoms with Crippen molar-refractivity contribution in [2.75, 3.05) is 13.6 Å². The molecule has 0 heterocycles. The van der Waals surface area contributed by atoms with Crippen LogP contribution in [0.1, 0.15) is 59.8 Å². The molecule has 110 valence electrons. The molecule has 1 fully saturated rings. The molecule has 0 saturated heterocycles. The molecule has 0 bridgehead atoms. The summed E-state index contributed by atoms with van der Waals surface area (Å²) in [5.41, 5.74) is -0.398. The highest BCUT2D eigenvalue weighted by Crippen LogP contribution is 2.26. The van der Waals surface area contributed by atoms with Crippen LogP contribution in [0.3, 0.4) is 0 Å². The minimum Gasteiger partial charge on any atom is -0.303 e. The first-order valence-electron chi connectivity index (χ1n) is 7.75. The first-order chi connectivity index (χ1) is 8.86. The molecule has 0 radical (unpaired) electrons. The molecule has 1 rings (SSSR count). The van der Waals surface area contributed by atoms with Gasteiger partial charge in [0, 0.05) is 18.6 Å². The Hall–Kier alpha value is -0.590. The highest BCUT2D eigenvalue weighted by Gasteiger charge is 2.27. The molecule has 0 aromatic rings. The quantitative estimate of drug-likeness (QED) is 0.802. The molecular formula is C16H31N3. The molecule has 3 nitrogen and oxygen atoms in total. The fourth-order valence-corrected chi connectivity index (χ4v) is 3.06. The fourth-order valence-electron chi connectivity index (χ4n) is 3.06. The summed E-state index contributed by atoms with van der Waals surface area (Å²) in [7, 11) is 2.22. The van der Waals surface area contributed by atoms with Crippen LogP contribution in [0, 0.1) is 17.2 Å². The molecular weight excluding hydrogens is 234 g/mol. The molecule has 1 N–H and O–H groups in total. The minimum absolute atomic E-state index is 0.352. The summed E-state index contributed by atoms with van der Waals surface area (Å²) >= 11 is 0. The van der Waals surface area contributed by atoms with Gasteiger partial charge >= 0.3 is 0 Å². The predicted octanol–water partition coefficient (Wildman–Crippen LogP) is 3.17. The zero-order valence-electron chi connectivity index (χ0n) is 13.4. The van der Waals surface area contributed by atoms with Crippen LogP contribution in [0.25, 0.3) is 0 Å². The van der Waals surface area contributed by atoms with Gasteiger partial charge in [-0.2, -0.15) is 5.26 Å². The normalized spacial score (nSPS) is 27.3. The SMILES string of the molecule is CC1CCC(N(C)CCC(C)(C#N)NC(C)C)CC1. The van der Waals surface area contributed by atoms with E-state index in [4.69, 9.17) is 0 Å². The fraction of sp³-hybridized carbons (Fsp3) is 0.938. The molecule has 0 aromatic carbocycles. The Balaban J connectivity index is 2.40. The van der Waals surface area contributed by atoms with E-state index in [1.807, 2.05) is 6.92 Å². The largest absolute Gasteiger partial charge is 0.303 e. The summed E-state index contributed by atoms with van der Waals surface area (Å²) in [5, 5.41) is 12.7. The van der Waals surface area contributed by atoms with Crippen molar-refractivity contribution < 1.29 is 0 Å². The zero-order valence-corrected chi connectivity index (χ0v) is 13.4. The second-order valence-corrected chi connectivity index (χ2v) is 6.89. The van der Waals surface area contributed by atoms with Crippen molar-refractivity contribution in [1.29, 1.82) is 5.26 Å². The summed E-state index contributed by atoms with van der Waals surface area (Å²) in [5.74, 6) is 0.900. The Kier molecular flexibility index (Phi) is 6.29. The van der Waals surface area contributed by atoms with E-state index in [1.165, 1.54) is 25.7 Å². The molecule has 1 aliphatic carbocycles. The van der Waals surface area contributed by atoms with Crippen molar-refractivity contribution in [2.24, 2.45) is 5.92 Å². The van der Waals surface area contributed by atoms with Crippen molar-refractivity contribution >= 4 is 0 Å². The Morgan fingerprint density at radius 3 is 2.37 bits per heavy atom. The molecule has 1 saturated carbocycles. The summed E-state index contributed by atoms with van der Waals surface area (Å²) < 4.78 is 0. The van der Waals surface area contributed by atoms with E-state index >= 15 is 0 Å². The van der Waals surface area contributed by atoms with Gasteiger partial charge in [0.05, 0.1) is 6.07 Å². The van der Waals surface area contributed by atoms with Gasteiger partial charge in [-0.1, -0.05) is 6.92 Å². The van der Waals surface area contributed by atoms with Crippen LogP contribution in [0.2, 0.25) is 0 Å². The third-order valence-corrected chi connectivity index (χ3v) is 4.43. The third kappa shape index (κ3) is 5.50. The molecule has 0 amide bonds. The summed E-state index contributed by atoms with van der Waals surface area (Å²) in [4.78, 5) is 2.46. The lowest BCUT2D eigenvalue weighted by molar-refractivity contribution is 0.158. The van der Waals surface area contributed by atoms with Gasteiger partial charge in [0.1, 0.15) is 5.54 Å². The van der Waals surface area contributed by atoms with Crippen LogP contribution >= 0.6 is 0 Å². The smallest absolute Gasteiger partial charge is 0.105 e. The molecule has 0 aliphatic heterocycles. The lowest BCUT2D eigenvalue weighted by Gasteiger charge is -2.35. The number of hydrogen-bond donors (Lipinski definition) is 1. The third-order valence-electron chi connectivity index (χ3n) is 4.43. The van der Waals surface area contributed by atoms with E-state index in [9.17, 15) is 5.26 Å². The standard InChI is InChI=1S/C16H31N3/c1-13(2)18-16(4,12-17)10-11-19(5)15-8-6-14(3)7-9-15/h13-15,18H,6-11H2,1-5H3. The topological polar surface area (TPSA) is 39.1 Å². The van der Waals surface area contributed by atoms with Crippen LogP contribution in [-0.2, 0) is 0 Å². The van der Waals surface area contributed by atoms with E-state index in [1.54, 1.807) is 0 Å². The van der Waals surface area contributed by atoms with E-state index in [-0.39, 0.29) is 0 Å². The van der Waals surface area contributed by atoms with Crippen molar-refractivity contribution in [1.82, 2.24) is 10.2 Å². The number of rotatable bonds is 6. The van der Waals surface area contributed by atoms with Crippen LogP contribution in [0.15, 0.2) is 0 Å². The highest BCUT2D eigenvalue weighted by molar-refractivity contribution is 5.04. The van der Waals surface area contributed by atoms with Gasteiger partial charge in [0.15, 0.2) is 0 Å². The van der Waals surface area contributed by atoms with E-state index in [0.717, 1.165) is 24.9 Å². The Bertz CT molecular complexity index is 300. The second-order valence-electron chi connectivity index (χ2n) is 6.89. The molecule has 1 aliphatic rings. The number of nitrogens with one attached hydrogen (secondary N) is 1. The molecule has 1 atom stereocenters. The molecule has 0 aromatic heterocycles. The van der Waals surface area contributed by atoms with Gasteiger partial charge in [-0.15, -0.1) is 0 Å². The number of nitrogens with zero attached hydrogens (tertiary/aromatic N) is 2. The first-order valence-corrected chi connectivity index (χ1v) is 7.75. The van der Waals surface area contributed by atoms with Crippen molar-refractivity contribution in [2.45, 2.75) is 77.4 Å². The van der Waals surface area contributed by atoms with Crippen LogP contribution in [-0.4, -0.2) is 36.1 Å². The van der Waals surface area contributed by atoms with E-state index in [2.05, 4.69) is 44.1 Å². The lowest BCUT2D eigenvalue weighted by atomic mass is 9.86. The van der Waals surface area contributed by atoms with Crippen molar-refractivity contribution in [3.05, 3.63) is 0 Å². The molecule has 0 spiro atoms. The highest BCUT2D eigenvalue weighted by atomic mass is 15.1. The summed E-state index contributed by atoms with van der Waals surface area (Å²) in [6.45, 7) is 9.58. The average Bonchev–Trinajstić information content (AvgIpc) is 2.36. The molecule has 3 heteroatoms. The Morgan fingerprint density at radius 2 is 1.89 bits per heavy atom. The number of nitriles is 1. The van der Waals surface area contributed by atoms with Gasteiger partial charge in [0.25, 0.3) is 0 Å². The van der Waals surface area contributed by atoms with Gasteiger partial charge in [-0.25, -0.2) is 0 Å². The van der Waals surface area contributed by atoms with Gasteiger partial charge in [-0.3, -0.25) is 5.32 Å². The van der Waals surface area contributed by atoms with E-state index < -0.39 is 5.54 Å². The van der Waals surface area contributed by atoms with Crippen LogP contribution in [0.4, 0.5) is 0 Å². The maximum Gasteiger partial charge on any atom is 0.105 e. The Labute approximate surface area is 119 Å². The predicted molar refractivity (Wildman–Crippen MR) is 81.0 cm³/mol. The van der Waals surface area contributed by atoms with Gasteiger partial charge < -0.3 is 4.90 Å². The lowest BCUT2D eigenvalue weighted by Crippen LogP contribution is -2.48. The number of hydrogen-bond acceptors (Lipinski definition) is 3. The minimum atomic E-state index is -0.398.